The summed E-state index contributed by atoms with van der Waals surface area (Å²) in [7, 11) is 0. The van der Waals surface area contributed by atoms with Crippen LogP contribution >= 0.6 is 15.9 Å². The highest BCUT2D eigenvalue weighted by Gasteiger charge is 2.37. The Morgan fingerprint density at radius 2 is 1.76 bits per heavy atom. The fourth-order valence-corrected chi connectivity index (χ4v) is 3.53. The second kappa shape index (κ2) is 5.75. The number of benzene rings is 1. The first-order valence-corrected chi connectivity index (χ1v) is 8.56. The predicted molar refractivity (Wildman–Crippen MR) is 90.0 cm³/mol. The van der Waals surface area contributed by atoms with Gasteiger partial charge in [0, 0.05) is 0 Å². The second-order valence-electron chi connectivity index (χ2n) is 7.19. The van der Waals surface area contributed by atoms with Crippen molar-refractivity contribution < 1.29 is 9.53 Å². The maximum absolute atomic E-state index is 11.9. The lowest BCUT2D eigenvalue weighted by Gasteiger charge is -2.42. The van der Waals surface area contributed by atoms with Gasteiger partial charge in [-0.15, -0.1) is 0 Å². The van der Waals surface area contributed by atoms with Crippen molar-refractivity contribution in [3.8, 4) is 0 Å². The van der Waals surface area contributed by atoms with Crippen molar-refractivity contribution in [3.63, 3.8) is 0 Å². The molecule has 1 aromatic carbocycles. The molecule has 0 spiro atoms. The first-order chi connectivity index (χ1) is 9.69. The lowest BCUT2D eigenvalue weighted by atomic mass is 9.63. The van der Waals surface area contributed by atoms with Crippen LogP contribution in [-0.2, 0) is 20.4 Å². The van der Waals surface area contributed by atoms with Gasteiger partial charge in [0.15, 0.2) is 0 Å². The first-order valence-electron chi connectivity index (χ1n) is 7.64. The lowest BCUT2D eigenvalue weighted by molar-refractivity contribution is -0.142. The van der Waals surface area contributed by atoms with Gasteiger partial charge >= 0.3 is 5.97 Å². The number of rotatable bonds is 3. The van der Waals surface area contributed by atoms with Gasteiger partial charge in [-0.05, 0) is 47.3 Å². The lowest BCUT2D eigenvalue weighted by Crippen LogP contribution is -2.34. The van der Waals surface area contributed by atoms with Gasteiger partial charge in [-0.2, -0.15) is 0 Å². The van der Waals surface area contributed by atoms with E-state index in [2.05, 4.69) is 61.8 Å². The molecule has 0 fully saturated rings. The van der Waals surface area contributed by atoms with Crippen molar-refractivity contribution >= 4 is 21.9 Å². The summed E-state index contributed by atoms with van der Waals surface area (Å²) in [5.74, 6) is -0.217. The van der Waals surface area contributed by atoms with Crippen molar-refractivity contribution in [2.75, 3.05) is 6.61 Å². The summed E-state index contributed by atoms with van der Waals surface area (Å²) in [6, 6.07) is 6.43. The molecule has 1 unspecified atom stereocenters. The van der Waals surface area contributed by atoms with E-state index in [4.69, 9.17) is 4.74 Å². The molecule has 0 bridgehead atoms. The number of ether oxygens (including phenoxy) is 1. The van der Waals surface area contributed by atoms with Gasteiger partial charge in [-0.3, -0.25) is 4.79 Å². The summed E-state index contributed by atoms with van der Waals surface area (Å²) in [6.45, 7) is 11.4. The molecule has 0 aliphatic heterocycles. The molecule has 0 aromatic heterocycles. The zero-order valence-corrected chi connectivity index (χ0v) is 15.2. The highest BCUT2D eigenvalue weighted by Crippen LogP contribution is 2.46. The van der Waals surface area contributed by atoms with Crippen LogP contribution in [0.3, 0.4) is 0 Å². The summed E-state index contributed by atoms with van der Waals surface area (Å²) in [5, 5.41) is 0. The Labute approximate surface area is 136 Å². The van der Waals surface area contributed by atoms with Crippen molar-refractivity contribution in [1.29, 1.82) is 0 Å². The van der Waals surface area contributed by atoms with Crippen LogP contribution in [0.25, 0.3) is 0 Å². The molecule has 1 aliphatic carbocycles. The molecule has 0 radical (unpaired) electrons. The topological polar surface area (TPSA) is 26.3 Å². The Bertz CT molecular complexity index is 546. The number of esters is 1. The van der Waals surface area contributed by atoms with E-state index >= 15 is 0 Å². The van der Waals surface area contributed by atoms with Crippen molar-refractivity contribution in [3.05, 3.63) is 34.9 Å². The monoisotopic (exact) mass is 352 g/mol. The number of alkyl halides is 1. The molecule has 0 N–H and O–H groups in total. The highest BCUT2D eigenvalue weighted by atomic mass is 79.9. The Morgan fingerprint density at radius 1 is 1.19 bits per heavy atom. The normalized spacial score (nSPS) is 20.5. The van der Waals surface area contributed by atoms with Crippen LogP contribution in [0.15, 0.2) is 18.2 Å². The Hall–Kier alpha value is -0.830. The van der Waals surface area contributed by atoms with E-state index in [-0.39, 0.29) is 21.6 Å². The summed E-state index contributed by atoms with van der Waals surface area (Å²) in [4.78, 5) is 11.5. The van der Waals surface area contributed by atoms with Gasteiger partial charge in [0.2, 0.25) is 0 Å². The van der Waals surface area contributed by atoms with Gasteiger partial charge < -0.3 is 4.74 Å². The summed E-state index contributed by atoms with van der Waals surface area (Å²) in [6.07, 6.45) is 2.37. The van der Waals surface area contributed by atoms with E-state index in [0.717, 1.165) is 5.56 Å². The van der Waals surface area contributed by atoms with Crippen molar-refractivity contribution in [1.82, 2.24) is 0 Å². The summed E-state index contributed by atoms with van der Waals surface area (Å²) in [5.41, 5.74) is 4.12. The van der Waals surface area contributed by atoms with E-state index < -0.39 is 0 Å². The number of fused-ring (bicyclic) bond motifs is 1. The fraction of sp³-hybridized carbons (Fsp3) is 0.611. The van der Waals surface area contributed by atoms with Gasteiger partial charge in [0.25, 0.3) is 0 Å². The van der Waals surface area contributed by atoms with E-state index in [9.17, 15) is 4.79 Å². The predicted octanol–water partition coefficient (Wildman–Crippen LogP) is 5.03. The Morgan fingerprint density at radius 3 is 2.33 bits per heavy atom. The third kappa shape index (κ3) is 3.18. The standard InChI is InChI=1S/C18H25BrO2/c1-6-21-16(20)15(19)12-7-8-13-14(11-12)18(4,5)10-9-17(13,2)3/h7-8,11,15H,6,9-10H2,1-5H3. The maximum atomic E-state index is 11.9. The fourth-order valence-electron chi connectivity index (χ4n) is 3.12. The molecule has 0 heterocycles. The maximum Gasteiger partial charge on any atom is 0.324 e. The molecule has 21 heavy (non-hydrogen) atoms. The molecule has 0 saturated heterocycles. The second-order valence-corrected chi connectivity index (χ2v) is 8.10. The minimum absolute atomic E-state index is 0.155. The zero-order valence-electron chi connectivity index (χ0n) is 13.6. The Balaban J connectivity index is 2.44. The van der Waals surface area contributed by atoms with Crippen LogP contribution in [0.2, 0.25) is 0 Å². The third-order valence-electron chi connectivity index (χ3n) is 4.66. The van der Waals surface area contributed by atoms with Crippen LogP contribution in [0.4, 0.5) is 0 Å². The highest BCUT2D eigenvalue weighted by molar-refractivity contribution is 9.09. The molecule has 116 valence electrons. The summed E-state index contributed by atoms with van der Waals surface area (Å²) < 4.78 is 5.11. The number of carbonyl (C=O) groups excluding carboxylic acids is 1. The van der Waals surface area contributed by atoms with Crippen molar-refractivity contribution in [2.24, 2.45) is 0 Å². The molecule has 2 rings (SSSR count). The zero-order chi connectivity index (χ0) is 15.8. The van der Waals surface area contributed by atoms with E-state index in [1.807, 2.05) is 6.92 Å². The first kappa shape index (κ1) is 16.5. The molecule has 2 nitrogen and oxygen atoms in total. The molecule has 3 heteroatoms. The number of hydrogen-bond acceptors (Lipinski definition) is 2. The Kier molecular flexibility index (Phi) is 4.53. The molecular weight excluding hydrogens is 328 g/mol. The largest absolute Gasteiger partial charge is 0.465 e. The average Bonchev–Trinajstić information content (AvgIpc) is 2.43. The molecule has 0 saturated carbocycles. The SMILES string of the molecule is CCOC(=O)C(Br)c1ccc2c(c1)C(C)(C)CCC2(C)C. The molecule has 1 aliphatic rings. The van der Waals surface area contributed by atoms with Crippen molar-refractivity contribution in [2.45, 2.75) is 63.1 Å². The van der Waals surface area contributed by atoms with Gasteiger partial charge in [0.05, 0.1) is 6.61 Å². The van der Waals surface area contributed by atoms with E-state index in [1.165, 1.54) is 24.0 Å². The number of carbonyl (C=O) groups is 1. The molecule has 0 amide bonds. The number of hydrogen-bond donors (Lipinski definition) is 0. The molecular formula is C18H25BrO2. The van der Waals surface area contributed by atoms with Crippen LogP contribution in [0.1, 0.15) is 69.0 Å². The quantitative estimate of drug-likeness (QED) is 0.562. The van der Waals surface area contributed by atoms with Crippen LogP contribution in [0.5, 0.6) is 0 Å². The number of halogens is 1. The summed E-state index contributed by atoms with van der Waals surface area (Å²) >= 11 is 3.47. The van der Waals surface area contributed by atoms with Crippen LogP contribution in [-0.4, -0.2) is 12.6 Å². The third-order valence-corrected chi connectivity index (χ3v) is 5.57. The van der Waals surface area contributed by atoms with E-state index in [0.29, 0.717) is 6.61 Å². The van der Waals surface area contributed by atoms with Gasteiger partial charge in [0.1, 0.15) is 4.83 Å². The molecule has 1 aromatic rings. The van der Waals surface area contributed by atoms with E-state index in [1.54, 1.807) is 0 Å². The molecule has 1 atom stereocenters. The van der Waals surface area contributed by atoms with Crippen LogP contribution < -0.4 is 0 Å². The minimum Gasteiger partial charge on any atom is -0.465 e. The van der Waals surface area contributed by atoms with Gasteiger partial charge in [-0.1, -0.05) is 61.8 Å². The smallest absolute Gasteiger partial charge is 0.324 e. The minimum atomic E-state index is -0.386. The van der Waals surface area contributed by atoms with Crippen LogP contribution in [0, 0.1) is 0 Å². The van der Waals surface area contributed by atoms with Gasteiger partial charge in [-0.25, -0.2) is 0 Å². The average molecular weight is 353 g/mol.